The number of anilines is 2. The van der Waals surface area contributed by atoms with Crippen LogP contribution in [0.25, 0.3) is 10.2 Å². The zero-order valence-electron chi connectivity index (χ0n) is 11.6. The molecule has 21 heavy (non-hydrogen) atoms. The molecule has 1 aliphatic heterocycles. The Labute approximate surface area is 130 Å². The summed E-state index contributed by atoms with van der Waals surface area (Å²) in [6.07, 6.45) is 3.55. The maximum Gasteiger partial charge on any atom is 0.185 e. The molecular weight excluding hydrogens is 302 g/mol. The molecule has 0 unspecified atom stereocenters. The van der Waals surface area contributed by atoms with Gasteiger partial charge in [-0.15, -0.1) is 22.7 Å². The molecule has 0 saturated carbocycles. The highest BCUT2D eigenvalue weighted by Gasteiger charge is 2.27. The quantitative estimate of drug-likeness (QED) is 0.727. The molecule has 1 aliphatic rings. The average Bonchev–Trinajstić information content (AvgIpc) is 3.17. The van der Waals surface area contributed by atoms with Gasteiger partial charge in [0.15, 0.2) is 5.13 Å². The van der Waals surface area contributed by atoms with Crippen LogP contribution in [0.4, 0.5) is 10.9 Å². The molecule has 108 valence electrons. The second kappa shape index (κ2) is 5.23. The lowest BCUT2D eigenvalue weighted by Crippen LogP contribution is -2.52. The van der Waals surface area contributed by atoms with E-state index < -0.39 is 0 Å². The summed E-state index contributed by atoms with van der Waals surface area (Å²) in [5, 5.41) is 6.40. The third-order valence-corrected chi connectivity index (χ3v) is 5.46. The van der Waals surface area contributed by atoms with E-state index in [1.54, 1.807) is 29.0 Å². The Hall–Kier alpha value is -1.73. The van der Waals surface area contributed by atoms with Gasteiger partial charge in [-0.1, -0.05) is 0 Å². The summed E-state index contributed by atoms with van der Waals surface area (Å²) in [7, 11) is 0. The van der Waals surface area contributed by atoms with Crippen LogP contribution in [0.2, 0.25) is 0 Å². The Morgan fingerprint density at radius 3 is 2.90 bits per heavy atom. The maximum atomic E-state index is 4.51. The van der Waals surface area contributed by atoms with Crippen molar-refractivity contribution in [2.24, 2.45) is 0 Å². The van der Waals surface area contributed by atoms with Gasteiger partial charge in [0, 0.05) is 37.3 Å². The molecule has 3 aromatic rings. The first-order valence-corrected chi connectivity index (χ1v) is 8.68. The molecule has 7 heteroatoms. The van der Waals surface area contributed by atoms with Gasteiger partial charge in [-0.3, -0.25) is 0 Å². The fourth-order valence-electron chi connectivity index (χ4n) is 2.82. The van der Waals surface area contributed by atoms with Crippen molar-refractivity contribution in [1.82, 2.24) is 15.0 Å². The van der Waals surface area contributed by atoms with E-state index in [0.717, 1.165) is 40.8 Å². The fraction of sp³-hybridized carbons (Fsp3) is 0.357. The molecule has 1 fully saturated rings. The highest BCUT2D eigenvalue weighted by Crippen LogP contribution is 2.29. The topological polar surface area (TPSA) is 45.2 Å². The molecule has 0 radical (unpaired) electrons. The number of fused-ring (bicyclic) bond motifs is 1. The lowest BCUT2D eigenvalue weighted by molar-refractivity contribution is 0.547. The molecule has 4 heterocycles. The largest absolute Gasteiger partial charge is 0.352 e. The first-order valence-electron chi connectivity index (χ1n) is 6.92. The van der Waals surface area contributed by atoms with Crippen LogP contribution in [-0.4, -0.2) is 40.6 Å². The molecule has 0 bridgehead atoms. The molecule has 5 nitrogen and oxygen atoms in total. The Kier molecular flexibility index (Phi) is 3.23. The highest BCUT2D eigenvalue weighted by atomic mass is 32.1. The minimum Gasteiger partial charge on any atom is -0.352 e. The van der Waals surface area contributed by atoms with Gasteiger partial charge in [-0.05, 0) is 18.4 Å². The number of rotatable bonds is 2. The van der Waals surface area contributed by atoms with Gasteiger partial charge in [0.1, 0.15) is 17.0 Å². The average molecular weight is 317 g/mol. The molecule has 0 spiro atoms. The van der Waals surface area contributed by atoms with Crippen molar-refractivity contribution in [2.75, 3.05) is 29.4 Å². The van der Waals surface area contributed by atoms with E-state index in [9.17, 15) is 0 Å². The van der Waals surface area contributed by atoms with Crippen molar-refractivity contribution in [2.45, 2.75) is 13.0 Å². The van der Waals surface area contributed by atoms with Gasteiger partial charge < -0.3 is 9.80 Å². The van der Waals surface area contributed by atoms with E-state index in [-0.39, 0.29) is 0 Å². The van der Waals surface area contributed by atoms with Gasteiger partial charge in [0.05, 0.1) is 5.39 Å². The summed E-state index contributed by atoms with van der Waals surface area (Å²) in [5.41, 5.74) is 0. The van der Waals surface area contributed by atoms with Gasteiger partial charge in [-0.25, -0.2) is 15.0 Å². The molecule has 1 saturated heterocycles. The van der Waals surface area contributed by atoms with Crippen LogP contribution in [0.5, 0.6) is 0 Å². The van der Waals surface area contributed by atoms with Crippen molar-refractivity contribution in [3.8, 4) is 0 Å². The monoisotopic (exact) mass is 317 g/mol. The van der Waals surface area contributed by atoms with E-state index >= 15 is 0 Å². The second-order valence-electron chi connectivity index (χ2n) is 5.14. The van der Waals surface area contributed by atoms with Crippen LogP contribution in [0.1, 0.15) is 6.92 Å². The number of thiophene rings is 1. The molecule has 0 amide bonds. The smallest absolute Gasteiger partial charge is 0.185 e. The van der Waals surface area contributed by atoms with Crippen LogP contribution in [0.15, 0.2) is 29.4 Å². The van der Waals surface area contributed by atoms with Gasteiger partial charge in [0.2, 0.25) is 0 Å². The number of hydrogen-bond donors (Lipinski definition) is 0. The van der Waals surface area contributed by atoms with Crippen LogP contribution >= 0.6 is 22.7 Å². The third-order valence-electron chi connectivity index (χ3n) is 3.83. The molecular formula is C14H15N5S2. The minimum atomic E-state index is 0.425. The van der Waals surface area contributed by atoms with Crippen molar-refractivity contribution >= 4 is 43.8 Å². The normalized spacial score (nSPS) is 19.4. The number of thiazole rings is 1. The lowest BCUT2D eigenvalue weighted by Gasteiger charge is -2.40. The van der Waals surface area contributed by atoms with Crippen LogP contribution < -0.4 is 9.80 Å². The molecule has 0 aliphatic carbocycles. The summed E-state index contributed by atoms with van der Waals surface area (Å²) in [5.74, 6) is 1.06. The Morgan fingerprint density at radius 1 is 1.14 bits per heavy atom. The summed E-state index contributed by atoms with van der Waals surface area (Å²) >= 11 is 3.37. The molecule has 1 atom stereocenters. The molecule has 0 aromatic carbocycles. The second-order valence-corrected chi connectivity index (χ2v) is 6.91. The van der Waals surface area contributed by atoms with E-state index in [0.29, 0.717) is 6.04 Å². The third kappa shape index (κ3) is 2.26. The van der Waals surface area contributed by atoms with E-state index in [1.165, 1.54) is 0 Å². The number of piperazine rings is 1. The molecule has 0 N–H and O–H groups in total. The minimum absolute atomic E-state index is 0.425. The highest BCUT2D eigenvalue weighted by molar-refractivity contribution is 7.16. The number of nitrogens with zero attached hydrogens (tertiary/aromatic N) is 5. The number of aromatic nitrogens is 3. The van der Waals surface area contributed by atoms with E-state index in [2.05, 4.69) is 43.1 Å². The van der Waals surface area contributed by atoms with Crippen LogP contribution in [0.3, 0.4) is 0 Å². The standard InChI is InChI=1S/C14H15N5S2/c1-10-8-18(4-5-19(10)14-15-3-7-21-14)12-11-2-6-20-13(11)17-9-16-12/h2-3,6-7,9-10H,4-5,8H2,1H3/t10-/m0/s1. The van der Waals surface area contributed by atoms with Gasteiger partial charge in [-0.2, -0.15) is 0 Å². The summed E-state index contributed by atoms with van der Waals surface area (Å²) in [6.45, 7) is 5.15. The van der Waals surface area contributed by atoms with Gasteiger partial charge >= 0.3 is 0 Å². The van der Waals surface area contributed by atoms with Crippen molar-refractivity contribution in [3.63, 3.8) is 0 Å². The molecule has 3 aromatic heterocycles. The van der Waals surface area contributed by atoms with Gasteiger partial charge in [0.25, 0.3) is 0 Å². The number of hydrogen-bond acceptors (Lipinski definition) is 7. The van der Waals surface area contributed by atoms with E-state index in [4.69, 9.17) is 0 Å². The molecule has 4 rings (SSSR count). The Bertz CT molecular complexity index is 739. The first-order chi connectivity index (χ1) is 10.3. The Morgan fingerprint density at radius 2 is 2.10 bits per heavy atom. The summed E-state index contributed by atoms with van der Waals surface area (Å²) < 4.78 is 0. The lowest BCUT2D eigenvalue weighted by atomic mass is 10.2. The summed E-state index contributed by atoms with van der Waals surface area (Å²) in [4.78, 5) is 19.1. The SMILES string of the molecule is C[C@H]1CN(c2ncnc3sccc23)CCN1c1nccs1. The van der Waals surface area contributed by atoms with Crippen molar-refractivity contribution in [1.29, 1.82) is 0 Å². The van der Waals surface area contributed by atoms with Crippen molar-refractivity contribution in [3.05, 3.63) is 29.4 Å². The first kappa shape index (κ1) is 13.0. The van der Waals surface area contributed by atoms with Crippen LogP contribution in [-0.2, 0) is 0 Å². The maximum absolute atomic E-state index is 4.51. The fourth-order valence-corrected chi connectivity index (χ4v) is 4.32. The van der Waals surface area contributed by atoms with Crippen LogP contribution in [0, 0.1) is 0 Å². The Balaban J connectivity index is 1.60. The summed E-state index contributed by atoms with van der Waals surface area (Å²) in [6, 6.07) is 2.54. The predicted octanol–water partition coefficient (Wildman–Crippen LogP) is 2.86. The van der Waals surface area contributed by atoms with E-state index in [1.807, 2.05) is 11.6 Å². The predicted molar refractivity (Wildman–Crippen MR) is 88.6 cm³/mol. The zero-order chi connectivity index (χ0) is 14.2. The van der Waals surface area contributed by atoms with Crippen molar-refractivity contribution < 1.29 is 0 Å². The zero-order valence-corrected chi connectivity index (χ0v) is 13.3.